The van der Waals surface area contributed by atoms with Crippen LogP contribution in [-0.4, -0.2) is 18.9 Å². The Balaban J connectivity index is 2.13. The van der Waals surface area contributed by atoms with Crippen LogP contribution < -0.4 is 5.73 Å². The first kappa shape index (κ1) is 11.0. The van der Waals surface area contributed by atoms with Crippen molar-refractivity contribution in [3.63, 3.8) is 0 Å². The normalized spacial score (nSPS) is 26.5. The molecule has 0 bridgehead atoms. The van der Waals surface area contributed by atoms with Crippen molar-refractivity contribution < 1.29 is 4.74 Å². The van der Waals surface area contributed by atoms with Crippen molar-refractivity contribution in [1.29, 1.82) is 0 Å². The number of nitrogens with two attached hydrogens (primary N) is 1. The fourth-order valence-electron chi connectivity index (χ4n) is 1.94. The molecule has 1 aromatic rings. The third-order valence-electron chi connectivity index (χ3n) is 2.81. The van der Waals surface area contributed by atoms with Gasteiger partial charge in [0.15, 0.2) is 0 Å². The second kappa shape index (κ2) is 5.01. The SMILES string of the molecule is CSc1ccc(C2OCCCC2N)cc1. The Morgan fingerprint density at radius 3 is 2.67 bits per heavy atom. The molecule has 2 N–H and O–H groups in total. The van der Waals surface area contributed by atoms with Crippen LogP contribution >= 0.6 is 11.8 Å². The third-order valence-corrected chi connectivity index (χ3v) is 3.56. The number of hydrogen-bond donors (Lipinski definition) is 1. The summed E-state index contributed by atoms with van der Waals surface area (Å²) in [7, 11) is 0. The van der Waals surface area contributed by atoms with Gasteiger partial charge in [-0.2, -0.15) is 0 Å². The fourth-order valence-corrected chi connectivity index (χ4v) is 2.35. The number of hydrogen-bond acceptors (Lipinski definition) is 3. The fraction of sp³-hybridized carbons (Fsp3) is 0.500. The summed E-state index contributed by atoms with van der Waals surface area (Å²) in [4.78, 5) is 1.28. The Bertz CT molecular complexity index is 312. The maximum Gasteiger partial charge on any atom is 0.0975 e. The molecule has 1 heterocycles. The van der Waals surface area contributed by atoms with Gasteiger partial charge in [0.1, 0.15) is 0 Å². The molecule has 0 spiro atoms. The second-order valence-electron chi connectivity index (χ2n) is 3.87. The van der Waals surface area contributed by atoms with Crippen LogP contribution in [0.1, 0.15) is 24.5 Å². The summed E-state index contributed by atoms with van der Waals surface area (Å²) in [5.41, 5.74) is 7.26. The van der Waals surface area contributed by atoms with Gasteiger partial charge >= 0.3 is 0 Å². The van der Waals surface area contributed by atoms with Crippen molar-refractivity contribution in [3.05, 3.63) is 29.8 Å². The maximum absolute atomic E-state index is 6.05. The lowest BCUT2D eigenvalue weighted by Crippen LogP contribution is -2.34. The summed E-state index contributed by atoms with van der Waals surface area (Å²) in [5, 5.41) is 0. The molecule has 0 aromatic heterocycles. The van der Waals surface area contributed by atoms with Gasteiger partial charge in [0, 0.05) is 17.5 Å². The van der Waals surface area contributed by atoms with Crippen molar-refractivity contribution >= 4 is 11.8 Å². The molecule has 15 heavy (non-hydrogen) atoms. The molecule has 1 aliphatic heterocycles. The number of rotatable bonds is 2. The van der Waals surface area contributed by atoms with E-state index in [1.807, 2.05) is 0 Å². The van der Waals surface area contributed by atoms with Crippen LogP contribution in [0.15, 0.2) is 29.2 Å². The molecule has 3 heteroatoms. The van der Waals surface area contributed by atoms with Gasteiger partial charge in [-0.15, -0.1) is 11.8 Å². The molecule has 0 amide bonds. The topological polar surface area (TPSA) is 35.2 Å². The predicted molar refractivity (Wildman–Crippen MR) is 64.1 cm³/mol. The maximum atomic E-state index is 6.05. The van der Waals surface area contributed by atoms with Gasteiger partial charge in [0.05, 0.1) is 6.10 Å². The van der Waals surface area contributed by atoms with Gasteiger partial charge in [-0.3, -0.25) is 0 Å². The van der Waals surface area contributed by atoms with Crippen molar-refractivity contribution in [1.82, 2.24) is 0 Å². The lowest BCUT2D eigenvalue weighted by molar-refractivity contribution is 0.000120. The molecule has 2 atom stereocenters. The van der Waals surface area contributed by atoms with E-state index in [0.717, 1.165) is 19.4 Å². The Hall–Kier alpha value is -0.510. The van der Waals surface area contributed by atoms with Crippen molar-refractivity contribution in [3.8, 4) is 0 Å². The van der Waals surface area contributed by atoms with E-state index >= 15 is 0 Å². The standard InChI is InChI=1S/C12H17NOS/c1-15-10-6-4-9(5-7-10)12-11(13)3-2-8-14-12/h4-7,11-12H,2-3,8,13H2,1H3. The Morgan fingerprint density at radius 1 is 1.33 bits per heavy atom. The minimum absolute atomic E-state index is 0.0923. The van der Waals surface area contributed by atoms with Crippen molar-refractivity contribution in [2.45, 2.75) is 29.9 Å². The van der Waals surface area contributed by atoms with Gasteiger partial charge in [-0.1, -0.05) is 12.1 Å². The zero-order valence-electron chi connectivity index (χ0n) is 8.98. The summed E-state index contributed by atoms with van der Waals surface area (Å²) in [6.45, 7) is 0.836. The number of thioether (sulfide) groups is 1. The summed E-state index contributed by atoms with van der Waals surface area (Å²) >= 11 is 1.75. The molecule has 1 fully saturated rings. The average molecular weight is 223 g/mol. The van der Waals surface area contributed by atoms with Gasteiger partial charge in [0.2, 0.25) is 0 Å². The lowest BCUT2D eigenvalue weighted by atomic mass is 9.97. The second-order valence-corrected chi connectivity index (χ2v) is 4.75. The van der Waals surface area contributed by atoms with Gasteiger partial charge in [0.25, 0.3) is 0 Å². The molecular formula is C12H17NOS. The van der Waals surface area contributed by atoms with Crippen LogP contribution in [0.2, 0.25) is 0 Å². The van der Waals surface area contributed by atoms with Crippen LogP contribution in [0, 0.1) is 0 Å². The highest BCUT2D eigenvalue weighted by molar-refractivity contribution is 7.98. The molecule has 2 unspecified atom stereocenters. The van der Waals surface area contributed by atoms with Crippen LogP contribution in [-0.2, 0) is 4.74 Å². The smallest absolute Gasteiger partial charge is 0.0975 e. The quantitative estimate of drug-likeness (QED) is 0.783. The Morgan fingerprint density at radius 2 is 2.07 bits per heavy atom. The summed E-state index contributed by atoms with van der Waals surface area (Å²) in [6.07, 6.45) is 4.32. The molecule has 2 rings (SSSR count). The highest BCUT2D eigenvalue weighted by Gasteiger charge is 2.23. The van der Waals surface area contributed by atoms with Crippen LogP contribution in [0.5, 0.6) is 0 Å². The molecule has 1 aromatic carbocycles. The molecular weight excluding hydrogens is 206 g/mol. The van der Waals surface area contributed by atoms with E-state index in [1.165, 1.54) is 10.5 Å². The van der Waals surface area contributed by atoms with Crippen molar-refractivity contribution in [2.75, 3.05) is 12.9 Å². The summed E-state index contributed by atoms with van der Waals surface area (Å²) in [6, 6.07) is 8.66. The average Bonchev–Trinajstić information content (AvgIpc) is 2.30. The van der Waals surface area contributed by atoms with E-state index in [9.17, 15) is 0 Å². The molecule has 0 aliphatic carbocycles. The number of ether oxygens (including phenoxy) is 1. The van der Waals surface area contributed by atoms with Crippen molar-refractivity contribution in [2.24, 2.45) is 5.73 Å². The Kier molecular flexibility index (Phi) is 3.67. The van der Waals surface area contributed by atoms with E-state index in [1.54, 1.807) is 11.8 Å². The van der Waals surface area contributed by atoms with Gasteiger partial charge in [-0.25, -0.2) is 0 Å². The monoisotopic (exact) mass is 223 g/mol. The van der Waals surface area contributed by atoms with Crippen LogP contribution in [0.3, 0.4) is 0 Å². The Labute approximate surface area is 95.2 Å². The highest BCUT2D eigenvalue weighted by atomic mass is 32.2. The van der Waals surface area contributed by atoms with Crippen LogP contribution in [0.4, 0.5) is 0 Å². The number of benzene rings is 1. The first-order valence-electron chi connectivity index (χ1n) is 5.32. The van der Waals surface area contributed by atoms with E-state index in [0.29, 0.717) is 0 Å². The van der Waals surface area contributed by atoms with Gasteiger partial charge < -0.3 is 10.5 Å². The summed E-state index contributed by atoms with van der Waals surface area (Å²) < 4.78 is 5.72. The molecule has 1 aliphatic rings. The largest absolute Gasteiger partial charge is 0.372 e. The molecule has 0 saturated carbocycles. The van der Waals surface area contributed by atoms with E-state index in [2.05, 4.69) is 30.5 Å². The van der Waals surface area contributed by atoms with E-state index in [4.69, 9.17) is 10.5 Å². The zero-order valence-corrected chi connectivity index (χ0v) is 9.80. The lowest BCUT2D eigenvalue weighted by Gasteiger charge is -2.29. The van der Waals surface area contributed by atoms with Gasteiger partial charge in [-0.05, 0) is 36.8 Å². The predicted octanol–water partition coefficient (Wildman–Crippen LogP) is 2.59. The van der Waals surface area contributed by atoms with E-state index in [-0.39, 0.29) is 12.1 Å². The minimum atomic E-state index is 0.0923. The first-order valence-corrected chi connectivity index (χ1v) is 6.55. The first-order chi connectivity index (χ1) is 7.31. The molecule has 82 valence electrons. The summed E-state index contributed by atoms with van der Waals surface area (Å²) in [5.74, 6) is 0. The highest BCUT2D eigenvalue weighted by Crippen LogP contribution is 2.28. The van der Waals surface area contributed by atoms with Crippen LogP contribution in [0.25, 0.3) is 0 Å². The third kappa shape index (κ3) is 2.54. The molecule has 2 nitrogen and oxygen atoms in total. The minimum Gasteiger partial charge on any atom is -0.372 e. The zero-order chi connectivity index (χ0) is 10.7. The van der Waals surface area contributed by atoms with E-state index < -0.39 is 0 Å². The molecule has 0 radical (unpaired) electrons. The molecule has 1 saturated heterocycles.